The molecule has 0 bridgehead atoms. The molecule has 1 aliphatic heterocycles. The number of rotatable bonds is 3. The maximum Gasteiger partial charge on any atom is 0.269 e. The Bertz CT molecular complexity index is 1230. The summed E-state index contributed by atoms with van der Waals surface area (Å²) in [4.78, 5) is 13.3. The molecule has 0 aliphatic carbocycles. The number of aromatic hydroxyl groups is 1. The average molecular weight is 398 g/mol. The van der Waals surface area contributed by atoms with E-state index >= 15 is 0 Å². The number of anilines is 3. The van der Waals surface area contributed by atoms with Crippen LogP contribution in [0.4, 0.5) is 22.7 Å². The first kappa shape index (κ1) is 17.8. The highest BCUT2D eigenvalue weighted by Gasteiger charge is 2.27. The Morgan fingerprint density at radius 1 is 0.833 bits per heavy atom. The van der Waals surface area contributed by atoms with Crippen molar-refractivity contribution in [3.8, 4) is 17.0 Å². The van der Waals surface area contributed by atoms with Gasteiger partial charge in [-0.05, 0) is 41.0 Å². The third kappa shape index (κ3) is 3.02. The van der Waals surface area contributed by atoms with Crippen molar-refractivity contribution < 1.29 is 10.0 Å². The van der Waals surface area contributed by atoms with E-state index in [-0.39, 0.29) is 17.6 Å². The van der Waals surface area contributed by atoms with E-state index in [0.717, 1.165) is 39.3 Å². The summed E-state index contributed by atoms with van der Waals surface area (Å²) in [6.07, 6.45) is 1.76. The summed E-state index contributed by atoms with van der Waals surface area (Å²) < 4.78 is 0. The van der Waals surface area contributed by atoms with Crippen LogP contribution in [0.5, 0.6) is 5.88 Å². The van der Waals surface area contributed by atoms with Crippen LogP contribution in [0.3, 0.4) is 0 Å². The minimum Gasteiger partial charge on any atom is -0.494 e. The maximum absolute atomic E-state index is 10.9. The highest BCUT2D eigenvalue weighted by molar-refractivity contribution is 5.81. The lowest BCUT2D eigenvalue weighted by Crippen LogP contribution is -2.11. The predicted molar refractivity (Wildman–Crippen MR) is 116 cm³/mol. The van der Waals surface area contributed by atoms with Gasteiger partial charge in [-0.25, -0.2) is 0 Å². The number of fused-ring (bicyclic) bond motifs is 2. The van der Waals surface area contributed by atoms with Crippen molar-refractivity contribution in [2.24, 2.45) is 0 Å². The minimum absolute atomic E-state index is 0.0691. The van der Waals surface area contributed by atoms with E-state index in [9.17, 15) is 15.2 Å². The lowest BCUT2D eigenvalue weighted by atomic mass is 9.96. The first-order valence-electron chi connectivity index (χ1n) is 9.48. The fraction of sp³-hybridized carbons (Fsp3) is 0.0435. The molecule has 0 fully saturated rings. The highest BCUT2D eigenvalue weighted by Crippen LogP contribution is 2.43. The lowest BCUT2D eigenvalue weighted by molar-refractivity contribution is -0.384. The third-order valence-corrected chi connectivity index (χ3v) is 5.34. The molecule has 1 aliphatic rings. The number of nitrogens with one attached hydrogen (secondary N) is 3. The van der Waals surface area contributed by atoms with Gasteiger partial charge in [-0.3, -0.25) is 10.1 Å². The Kier molecular flexibility index (Phi) is 4.14. The molecular formula is C23H18N4O3. The van der Waals surface area contributed by atoms with Gasteiger partial charge in [0.1, 0.15) is 0 Å². The molecule has 2 heterocycles. The first-order chi connectivity index (χ1) is 14.6. The third-order valence-electron chi connectivity index (χ3n) is 5.34. The number of hydrogen-bond acceptors (Lipinski definition) is 5. The van der Waals surface area contributed by atoms with E-state index in [1.807, 2.05) is 48.5 Å². The molecule has 0 saturated heterocycles. The van der Waals surface area contributed by atoms with Crippen LogP contribution in [0, 0.1) is 10.1 Å². The largest absolute Gasteiger partial charge is 0.494 e. The number of nitro groups is 1. The van der Waals surface area contributed by atoms with Crippen molar-refractivity contribution in [3.63, 3.8) is 0 Å². The van der Waals surface area contributed by atoms with E-state index in [2.05, 4.69) is 15.6 Å². The fourth-order valence-electron chi connectivity index (χ4n) is 3.80. The molecule has 5 rings (SSSR count). The van der Waals surface area contributed by atoms with Crippen molar-refractivity contribution in [1.82, 2.24) is 4.98 Å². The summed E-state index contributed by atoms with van der Waals surface area (Å²) in [5.74, 6) is 0.113. The minimum atomic E-state index is -0.405. The Balaban J connectivity index is 1.52. The Morgan fingerprint density at radius 2 is 1.47 bits per heavy atom. The predicted octanol–water partition coefficient (Wildman–Crippen LogP) is 5.55. The summed E-state index contributed by atoms with van der Waals surface area (Å²) in [6.45, 7) is 0. The number of benzene rings is 3. The molecule has 7 nitrogen and oxygen atoms in total. The normalized spacial score (nSPS) is 14.6. The molecule has 0 radical (unpaired) electrons. The Hall–Kier alpha value is -4.26. The standard InChI is InChI=1S/C23H18N4O3/c28-23-21-20(13-24-23)25-18-3-1-2-4-19(18)26-22(21)16-7-5-14(6-8-16)15-9-11-17(12-10-15)27(29)30/h1-13,22,24-26,28H. The summed E-state index contributed by atoms with van der Waals surface area (Å²) in [5.41, 5.74) is 6.34. The molecule has 4 N–H and O–H groups in total. The quantitative estimate of drug-likeness (QED) is 0.267. The average Bonchev–Trinajstić information content (AvgIpc) is 3.03. The number of aromatic nitrogens is 1. The van der Waals surface area contributed by atoms with Crippen molar-refractivity contribution in [3.05, 3.63) is 100 Å². The van der Waals surface area contributed by atoms with Crippen molar-refractivity contribution in [2.45, 2.75) is 6.04 Å². The second-order valence-electron chi connectivity index (χ2n) is 7.14. The van der Waals surface area contributed by atoms with Crippen LogP contribution in [0.2, 0.25) is 0 Å². The van der Waals surface area contributed by atoms with E-state index in [4.69, 9.17) is 0 Å². The van der Waals surface area contributed by atoms with Crippen LogP contribution in [0.15, 0.2) is 79.0 Å². The van der Waals surface area contributed by atoms with Gasteiger partial charge < -0.3 is 20.7 Å². The van der Waals surface area contributed by atoms with Crippen molar-refractivity contribution in [1.29, 1.82) is 0 Å². The Morgan fingerprint density at radius 3 is 2.13 bits per heavy atom. The summed E-state index contributed by atoms with van der Waals surface area (Å²) >= 11 is 0. The molecule has 30 heavy (non-hydrogen) atoms. The van der Waals surface area contributed by atoms with E-state index < -0.39 is 4.92 Å². The molecule has 1 aromatic heterocycles. The van der Waals surface area contributed by atoms with Crippen LogP contribution < -0.4 is 10.6 Å². The zero-order valence-corrected chi connectivity index (χ0v) is 15.8. The van der Waals surface area contributed by atoms with Crippen LogP contribution in [0.1, 0.15) is 17.2 Å². The molecule has 1 atom stereocenters. The Labute approximate surface area is 172 Å². The zero-order chi connectivity index (χ0) is 20.7. The number of aromatic amines is 1. The van der Waals surface area contributed by atoms with E-state index in [1.165, 1.54) is 12.1 Å². The van der Waals surface area contributed by atoms with Crippen LogP contribution in [-0.2, 0) is 0 Å². The van der Waals surface area contributed by atoms with Gasteiger partial charge >= 0.3 is 0 Å². The van der Waals surface area contributed by atoms with Gasteiger partial charge in [-0.2, -0.15) is 0 Å². The maximum atomic E-state index is 10.9. The highest BCUT2D eigenvalue weighted by atomic mass is 16.6. The fourth-order valence-corrected chi connectivity index (χ4v) is 3.80. The van der Waals surface area contributed by atoms with Crippen LogP contribution in [-0.4, -0.2) is 15.0 Å². The molecule has 7 heteroatoms. The molecule has 4 aromatic rings. The topological polar surface area (TPSA) is 103 Å². The van der Waals surface area contributed by atoms with E-state index in [1.54, 1.807) is 18.3 Å². The number of hydrogen-bond donors (Lipinski definition) is 4. The number of nitrogens with zero attached hydrogens (tertiary/aromatic N) is 1. The molecule has 0 spiro atoms. The number of nitro benzene ring substituents is 1. The zero-order valence-electron chi connectivity index (χ0n) is 15.8. The van der Waals surface area contributed by atoms with E-state index in [0.29, 0.717) is 0 Å². The number of non-ortho nitro benzene ring substituents is 1. The summed E-state index contributed by atoms with van der Waals surface area (Å²) in [6, 6.07) is 22.1. The monoisotopic (exact) mass is 398 g/mol. The smallest absolute Gasteiger partial charge is 0.269 e. The number of H-pyrrole nitrogens is 1. The summed E-state index contributed by atoms with van der Waals surface area (Å²) in [5, 5.41) is 28.2. The molecule has 1 unspecified atom stereocenters. The van der Waals surface area contributed by atoms with Gasteiger partial charge in [0.25, 0.3) is 5.69 Å². The van der Waals surface area contributed by atoms with Gasteiger partial charge in [0.05, 0.1) is 33.6 Å². The number of para-hydroxylation sites is 2. The van der Waals surface area contributed by atoms with Crippen molar-refractivity contribution >= 4 is 22.7 Å². The molecule has 0 amide bonds. The first-order valence-corrected chi connectivity index (χ1v) is 9.48. The second-order valence-corrected chi connectivity index (χ2v) is 7.14. The SMILES string of the molecule is O=[N+]([O-])c1ccc(-c2ccc(C3Nc4ccccc4Nc4c[nH]c(O)c43)cc2)cc1. The van der Waals surface area contributed by atoms with Gasteiger partial charge in [-0.1, -0.05) is 36.4 Å². The van der Waals surface area contributed by atoms with Gasteiger partial charge in [0, 0.05) is 18.3 Å². The molecular weight excluding hydrogens is 380 g/mol. The molecule has 3 aromatic carbocycles. The van der Waals surface area contributed by atoms with Gasteiger partial charge in [0.15, 0.2) is 5.88 Å². The van der Waals surface area contributed by atoms with Crippen LogP contribution in [0.25, 0.3) is 11.1 Å². The van der Waals surface area contributed by atoms with Gasteiger partial charge in [-0.15, -0.1) is 0 Å². The molecule has 148 valence electrons. The van der Waals surface area contributed by atoms with Crippen LogP contribution >= 0.6 is 0 Å². The van der Waals surface area contributed by atoms with Crippen molar-refractivity contribution in [2.75, 3.05) is 10.6 Å². The van der Waals surface area contributed by atoms with Gasteiger partial charge in [0.2, 0.25) is 0 Å². The molecule has 0 saturated carbocycles. The summed E-state index contributed by atoms with van der Waals surface area (Å²) in [7, 11) is 0. The lowest BCUT2D eigenvalue weighted by Gasteiger charge is -2.19. The second kappa shape index (κ2) is 6.97.